The Hall–Kier alpha value is -3.35. The average Bonchev–Trinajstić information content (AvgIpc) is 2.73. The van der Waals surface area contributed by atoms with Crippen LogP contribution in [0.25, 0.3) is 0 Å². The second-order valence-corrected chi connectivity index (χ2v) is 6.82. The second kappa shape index (κ2) is 9.23. The van der Waals surface area contributed by atoms with E-state index in [1.807, 2.05) is 24.3 Å². The van der Waals surface area contributed by atoms with E-state index in [0.29, 0.717) is 43.9 Å². The summed E-state index contributed by atoms with van der Waals surface area (Å²) in [5, 5.41) is 0. The van der Waals surface area contributed by atoms with E-state index in [2.05, 4.69) is 0 Å². The number of piperazine rings is 1. The van der Waals surface area contributed by atoms with E-state index in [1.54, 1.807) is 41.2 Å². The van der Waals surface area contributed by atoms with Crippen molar-refractivity contribution in [2.24, 2.45) is 0 Å². The summed E-state index contributed by atoms with van der Waals surface area (Å²) < 4.78 is 10.2. The number of carbonyl (C=O) groups is 3. The lowest BCUT2D eigenvalue weighted by atomic mass is 10.1. The van der Waals surface area contributed by atoms with Crippen molar-refractivity contribution in [2.45, 2.75) is 13.3 Å². The maximum Gasteiger partial charge on any atom is 0.308 e. The number of hydrogen-bond acceptors (Lipinski definition) is 5. The lowest BCUT2D eigenvalue weighted by Gasteiger charge is -2.35. The molecule has 1 fully saturated rings. The minimum absolute atomic E-state index is 0.0409. The Morgan fingerprint density at radius 1 is 0.897 bits per heavy atom. The summed E-state index contributed by atoms with van der Waals surface area (Å²) in [4.78, 5) is 39.9. The Balaban J connectivity index is 1.54. The second-order valence-electron chi connectivity index (χ2n) is 6.82. The van der Waals surface area contributed by atoms with E-state index in [9.17, 15) is 14.4 Å². The topological polar surface area (TPSA) is 76.2 Å². The standard InChI is InChI=1S/C22H24N2O5/c1-16(25)29-20-5-3-4-18(15-20)22(27)24-12-10-23(11-13-24)21(26)14-17-6-8-19(28-2)9-7-17/h3-9,15H,10-14H2,1-2H3. The first-order valence-electron chi connectivity index (χ1n) is 9.44. The number of carbonyl (C=O) groups excluding carboxylic acids is 3. The maximum absolute atomic E-state index is 12.7. The van der Waals surface area contributed by atoms with Crippen LogP contribution in [0.3, 0.4) is 0 Å². The fourth-order valence-electron chi connectivity index (χ4n) is 3.23. The summed E-state index contributed by atoms with van der Waals surface area (Å²) in [5.41, 5.74) is 1.39. The van der Waals surface area contributed by atoms with Gasteiger partial charge in [0.2, 0.25) is 5.91 Å². The summed E-state index contributed by atoms with van der Waals surface area (Å²) in [6, 6.07) is 14.0. The van der Waals surface area contributed by atoms with E-state index in [1.165, 1.54) is 6.92 Å². The normalized spacial score (nSPS) is 13.7. The average molecular weight is 396 g/mol. The van der Waals surface area contributed by atoms with Crippen LogP contribution in [-0.4, -0.2) is 60.9 Å². The van der Waals surface area contributed by atoms with Crippen LogP contribution in [0.4, 0.5) is 0 Å². The van der Waals surface area contributed by atoms with E-state index in [4.69, 9.17) is 9.47 Å². The zero-order chi connectivity index (χ0) is 20.8. The lowest BCUT2D eigenvalue weighted by molar-refractivity contribution is -0.132. The van der Waals surface area contributed by atoms with Crippen molar-refractivity contribution in [3.8, 4) is 11.5 Å². The molecular weight excluding hydrogens is 372 g/mol. The number of esters is 1. The summed E-state index contributed by atoms with van der Waals surface area (Å²) in [6.07, 6.45) is 0.322. The van der Waals surface area contributed by atoms with Gasteiger partial charge in [0.1, 0.15) is 11.5 Å². The predicted octanol–water partition coefficient (Wildman–Crippen LogP) is 2.15. The molecule has 29 heavy (non-hydrogen) atoms. The minimum atomic E-state index is -0.432. The van der Waals surface area contributed by atoms with E-state index in [0.717, 1.165) is 11.3 Å². The van der Waals surface area contributed by atoms with Crippen molar-refractivity contribution < 1.29 is 23.9 Å². The van der Waals surface area contributed by atoms with Gasteiger partial charge in [-0.25, -0.2) is 0 Å². The number of benzene rings is 2. The molecule has 7 heteroatoms. The smallest absolute Gasteiger partial charge is 0.308 e. The third-order valence-corrected chi connectivity index (χ3v) is 4.78. The lowest BCUT2D eigenvalue weighted by Crippen LogP contribution is -2.51. The van der Waals surface area contributed by atoms with Crippen LogP contribution in [0.2, 0.25) is 0 Å². The van der Waals surface area contributed by atoms with Gasteiger partial charge in [-0.05, 0) is 35.9 Å². The molecule has 1 aliphatic heterocycles. The van der Waals surface area contributed by atoms with E-state index >= 15 is 0 Å². The molecule has 0 aliphatic carbocycles. The Morgan fingerprint density at radius 3 is 2.17 bits per heavy atom. The minimum Gasteiger partial charge on any atom is -0.497 e. The third kappa shape index (κ3) is 5.34. The maximum atomic E-state index is 12.7. The van der Waals surface area contributed by atoms with Gasteiger partial charge in [-0.3, -0.25) is 14.4 Å². The molecule has 0 N–H and O–H groups in total. The molecular formula is C22H24N2O5. The van der Waals surface area contributed by atoms with Crippen LogP contribution in [-0.2, 0) is 16.0 Å². The van der Waals surface area contributed by atoms with Gasteiger partial charge in [-0.1, -0.05) is 18.2 Å². The van der Waals surface area contributed by atoms with Gasteiger partial charge >= 0.3 is 5.97 Å². The van der Waals surface area contributed by atoms with Crippen molar-refractivity contribution in [1.82, 2.24) is 9.80 Å². The van der Waals surface area contributed by atoms with Crippen molar-refractivity contribution in [3.63, 3.8) is 0 Å². The molecule has 0 radical (unpaired) electrons. The van der Waals surface area contributed by atoms with Gasteiger partial charge in [-0.2, -0.15) is 0 Å². The third-order valence-electron chi connectivity index (χ3n) is 4.78. The molecule has 1 heterocycles. The van der Waals surface area contributed by atoms with Crippen LogP contribution in [0.15, 0.2) is 48.5 Å². The Bertz CT molecular complexity index is 886. The molecule has 0 atom stereocenters. The van der Waals surface area contributed by atoms with Gasteiger partial charge in [-0.15, -0.1) is 0 Å². The summed E-state index contributed by atoms with van der Waals surface area (Å²) in [5.74, 6) is 0.571. The number of amides is 2. The van der Waals surface area contributed by atoms with Crippen molar-refractivity contribution in [1.29, 1.82) is 0 Å². The van der Waals surface area contributed by atoms with Gasteiger partial charge < -0.3 is 19.3 Å². The summed E-state index contributed by atoms with van der Waals surface area (Å²) >= 11 is 0. The zero-order valence-corrected chi connectivity index (χ0v) is 16.6. The van der Waals surface area contributed by atoms with Crippen molar-refractivity contribution in [2.75, 3.05) is 33.3 Å². The van der Waals surface area contributed by atoms with E-state index < -0.39 is 5.97 Å². The molecule has 1 saturated heterocycles. The first-order valence-corrected chi connectivity index (χ1v) is 9.44. The summed E-state index contributed by atoms with van der Waals surface area (Å²) in [6.45, 7) is 3.22. The number of rotatable bonds is 5. The molecule has 3 rings (SSSR count). The first-order chi connectivity index (χ1) is 14.0. The Kier molecular flexibility index (Phi) is 6.49. The van der Waals surface area contributed by atoms with Crippen LogP contribution in [0.1, 0.15) is 22.8 Å². The Labute approximate surface area is 169 Å². The number of nitrogens with zero attached hydrogens (tertiary/aromatic N) is 2. The van der Waals surface area contributed by atoms with Gasteiger partial charge in [0, 0.05) is 38.7 Å². The van der Waals surface area contributed by atoms with Gasteiger partial charge in [0.15, 0.2) is 0 Å². The van der Waals surface area contributed by atoms with Crippen LogP contribution >= 0.6 is 0 Å². The fraction of sp³-hybridized carbons (Fsp3) is 0.318. The van der Waals surface area contributed by atoms with Crippen molar-refractivity contribution >= 4 is 17.8 Å². The number of hydrogen-bond donors (Lipinski definition) is 0. The first kappa shape index (κ1) is 20.4. The molecule has 0 aromatic heterocycles. The summed E-state index contributed by atoms with van der Waals surface area (Å²) in [7, 11) is 1.60. The molecule has 2 amide bonds. The SMILES string of the molecule is COc1ccc(CC(=O)N2CCN(C(=O)c3cccc(OC(C)=O)c3)CC2)cc1. The highest BCUT2D eigenvalue weighted by Gasteiger charge is 2.25. The molecule has 7 nitrogen and oxygen atoms in total. The van der Waals surface area contributed by atoms with Crippen molar-refractivity contribution in [3.05, 3.63) is 59.7 Å². The van der Waals surface area contributed by atoms with Gasteiger partial charge in [0.05, 0.1) is 13.5 Å². The van der Waals surface area contributed by atoms with Crippen LogP contribution in [0.5, 0.6) is 11.5 Å². The molecule has 1 aliphatic rings. The zero-order valence-electron chi connectivity index (χ0n) is 16.6. The predicted molar refractivity (Wildman–Crippen MR) is 107 cm³/mol. The van der Waals surface area contributed by atoms with Crippen LogP contribution < -0.4 is 9.47 Å². The van der Waals surface area contributed by atoms with Gasteiger partial charge in [0.25, 0.3) is 5.91 Å². The molecule has 0 spiro atoms. The fourth-order valence-corrected chi connectivity index (χ4v) is 3.23. The highest BCUT2D eigenvalue weighted by Crippen LogP contribution is 2.17. The molecule has 0 unspecified atom stereocenters. The monoisotopic (exact) mass is 396 g/mol. The number of ether oxygens (including phenoxy) is 2. The van der Waals surface area contributed by atoms with E-state index in [-0.39, 0.29) is 11.8 Å². The highest BCUT2D eigenvalue weighted by molar-refractivity contribution is 5.95. The number of methoxy groups -OCH3 is 1. The quantitative estimate of drug-likeness (QED) is 0.572. The molecule has 152 valence electrons. The Morgan fingerprint density at radius 2 is 1.55 bits per heavy atom. The molecule has 0 saturated carbocycles. The van der Waals surface area contributed by atoms with Crippen LogP contribution in [0, 0.1) is 0 Å². The molecule has 2 aromatic carbocycles. The highest BCUT2D eigenvalue weighted by atomic mass is 16.5. The molecule has 2 aromatic rings. The largest absolute Gasteiger partial charge is 0.497 e. The molecule has 0 bridgehead atoms.